The van der Waals surface area contributed by atoms with E-state index in [4.69, 9.17) is 4.74 Å². The lowest BCUT2D eigenvalue weighted by molar-refractivity contribution is -0.137. The first-order chi connectivity index (χ1) is 14.8. The highest BCUT2D eigenvalue weighted by Crippen LogP contribution is 2.29. The van der Waals surface area contributed by atoms with Crippen molar-refractivity contribution in [1.29, 1.82) is 0 Å². The smallest absolute Gasteiger partial charge is 0.416 e. The number of anilines is 2. The van der Waals surface area contributed by atoms with Gasteiger partial charge in [-0.15, -0.1) is 0 Å². The summed E-state index contributed by atoms with van der Waals surface area (Å²) in [6.45, 7) is 6.56. The molecule has 2 aromatic carbocycles. The van der Waals surface area contributed by atoms with Gasteiger partial charge in [0.15, 0.2) is 6.61 Å². The van der Waals surface area contributed by atoms with Crippen molar-refractivity contribution in [3.63, 3.8) is 0 Å². The minimum Gasteiger partial charge on any atom is -0.452 e. The Kier molecular flexibility index (Phi) is 7.17. The molecular weight excluding hydrogens is 411 g/mol. The van der Waals surface area contributed by atoms with Gasteiger partial charge in [-0.2, -0.15) is 13.2 Å². The molecule has 0 bridgehead atoms. The van der Waals surface area contributed by atoms with Crippen LogP contribution in [0.3, 0.4) is 0 Å². The van der Waals surface area contributed by atoms with Gasteiger partial charge in [0.25, 0.3) is 5.91 Å². The van der Waals surface area contributed by atoms with Crippen LogP contribution in [-0.4, -0.2) is 56.1 Å². The van der Waals surface area contributed by atoms with E-state index < -0.39 is 30.2 Å². The van der Waals surface area contributed by atoms with Gasteiger partial charge in [0.05, 0.1) is 11.1 Å². The summed E-state index contributed by atoms with van der Waals surface area (Å²) in [5, 5.41) is 2.63. The summed E-state index contributed by atoms with van der Waals surface area (Å²) in [5.41, 5.74) is 0.708. The Morgan fingerprint density at radius 2 is 1.58 bits per heavy atom. The third kappa shape index (κ3) is 6.21. The van der Waals surface area contributed by atoms with E-state index in [1.807, 2.05) is 12.1 Å². The van der Waals surface area contributed by atoms with Gasteiger partial charge in [-0.3, -0.25) is 4.79 Å². The summed E-state index contributed by atoms with van der Waals surface area (Å²) < 4.78 is 42.6. The molecule has 0 spiro atoms. The molecule has 0 aromatic heterocycles. The Bertz CT molecular complexity index is 891. The van der Waals surface area contributed by atoms with Crippen LogP contribution in [-0.2, 0) is 15.7 Å². The van der Waals surface area contributed by atoms with Crippen molar-refractivity contribution in [1.82, 2.24) is 4.90 Å². The second-order valence-corrected chi connectivity index (χ2v) is 7.17. The zero-order valence-electron chi connectivity index (χ0n) is 17.1. The number of hydrogen-bond donors (Lipinski definition) is 1. The largest absolute Gasteiger partial charge is 0.452 e. The summed E-state index contributed by atoms with van der Waals surface area (Å²) in [4.78, 5) is 28.6. The average molecular weight is 435 g/mol. The highest BCUT2D eigenvalue weighted by atomic mass is 19.4. The molecule has 1 amide bonds. The van der Waals surface area contributed by atoms with Crippen LogP contribution in [0.5, 0.6) is 0 Å². The fourth-order valence-corrected chi connectivity index (χ4v) is 3.28. The molecule has 1 heterocycles. The highest BCUT2D eigenvalue weighted by molar-refractivity contribution is 5.95. The van der Waals surface area contributed by atoms with Crippen LogP contribution < -0.4 is 10.2 Å². The number of esters is 1. The van der Waals surface area contributed by atoms with Gasteiger partial charge < -0.3 is 19.9 Å². The molecule has 1 N–H and O–H groups in total. The topological polar surface area (TPSA) is 61.9 Å². The summed E-state index contributed by atoms with van der Waals surface area (Å²) in [6, 6.07) is 11.0. The molecule has 2 aromatic rings. The van der Waals surface area contributed by atoms with Gasteiger partial charge >= 0.3 is 12.1 Å². The van der Waals surface area contributed by atoms with Gasteiger partial charge in [-0.25, -0.2) is 4.79 Å². The van der Waals surface area contributed by atoms with Crippen molar-refractivity contribution in [3.8, 4) is 0 Å². The fraction of sp³-hybridized carbons (Fsp3) is 0.364. The first-order valence-corrected chi connectivity index (χ1v) is 9.98. The summed E-state index contributed by atoms with van der Waals surface area (Å²) in [7, 11) is 0. The lowest BCUT2D eigenvalue weighted by Gasteiger charge is -2.35. The monoisotopic (exact) mass is 435 g/mol. The number of ether oxygens (including phenoxy) is 1. The van der Waals surface area contributed by atoms with Crippen LogP contribution in [0.4, 0.5) is 24.5 Å². The minimum atomic E-state index is -4.48. The fourth-order valence-electron chi connectivity index (χ4n) is 3.28. The van der Waals surface area contributed by atoms with Gasteiger partial charge in [0.1, 0.15) is 0 Å². The summed E-state index contributed by atoms with van der Waals surface area (Å²) in [6.07, 6.45) is -4.48. The number of carbonyl (C=O) groups excluding carboxylic acids is 2. The minimum absolute atomic E-state index is 0.0617. The van der Waals surface area contributed by atoms with E-state index in [0.29, 0.717) is 5.69 Å². The van der Waals surface area contributed by atoms with Gasteiger partial charge in [-0.1, -0.05) is 6.92 Å². The predicted molar refractivity (Wildman–Crippen MR) is 111 cm³/mol. The lowest BCUT2D eigenvalue weighted by Crippen LogP contribution is -2.46. The van der Waals surface area contributed by atoms with E-state index in [-0.39, 0.29) is 5.56 Å². The molecule has 1 fully saturated rings. The Morgan fingerprint density at radius 3 is 2.13 bits per heavy atom. The van der Waals surface area contributed by atoms with Crippen molar-refractivity contribution in [2.24, 2.45) is 0 Å². The van der Waals surface area contributed by atoms with Crippen LogP contribution >= 0.6 is 0 Å². The van der Waals surface area contributed by atoms with Crippen molar-refractivity contribution < 1.29 is 27.5 Å². The van der Waals surface area contributed by atoms with Crippen molar-refractivity contribution in [3.05, 3.63) is 59.7 Å². The number of amides is 1. The molecule has 9 heteroatoms. The van der Waals surface area contributed by atoms with Crippen LogP contribution in [0.2, 0.25) is 0 Å². The van der Waals surface area contributed by atoms with Crippen molar-refractivity contribution in [2.75, 3.05) is 49.5 Å². The Morgan fingerprint density at radius 1 is 0.968 bits per heavy atom. The number of piperazine rings is 1. The molecule has 0 atom stereocenters. The molecule has 1 saturated heterocycles. The number of nitrogens with zero attached hydrogens (tertiary/aromatic N) is 2. The standard InChI is InChI=1S/C22H24F3N3O3/c1-2-27-11-13-28(14-12-27)19-9-7-18(8-10-19)26-20(29)15-31-21(30)16-3-5-17(6-4-16)22(23,24)25/h3-10H,2,11-15H2,1H3,(H,26,29). The second-order valence-electron chi connectivity index (χ2n) is 7.17. The summed E-state index contributed by atoms with van der Waals surface area (Å²) in [5.74, 6) is -1.41. The van der Waals surface area contributed by atoms with E-state index >= 15 is 0 Å². The number of hydrogen-bond acceptors (Lipinski definition) is 5. The van der Waals surface area contributed by atoms with Crippen LogP contribution in [0.15, 0.2) is 48.5 Å². The number of benzene rings is 2. The lowest BCUT2D eigenvalue weighted by atomic mass is 10.1. The number of halogens is 3. The molecule has 0 aliphatic carbocycles. The van der Waals surface area contributed by atoms with Gasteiger partial charge in [0, 0.05) is 37.6 Å². The highest BCUT2D eigenvalue weighted by Gasteiger charge is 2.30. The Hall–Kier alpha value is -3.07. The maximum absolute atomic E-state index is 12.6. The maximum atomic E-state index is 12.6. The third-order valence-electron chi connectivity index (χ3n) is 5.12. The number of alkyl halides is 3. The molecule has 1 aliphatic heterocycles. The van der Waals surface area contributed by atoms with Crippen LogP contribution in [0, 0.1) is 0 Å². The van der Waals surface area contributed by atoms with E-state index in [2.05, 4.69) is 22.0 Å². The second kappa shape index (κ2) is 9.82. The average Bonchev–Trinajstić information content (AvgIpc) is 2.77. The molecule has 0 saturated carbocycles. The molecule has 31 heavy (non-hydrogen) atoms. The van der Waals surface area contributed by atoms with Crippen LogP contribution in [0.25, 0.3) is 0 Å². The molecular formula is C22H24F3N3O3. The molecule has 166 valence electrons. The van der Waals surface area contributed by atoms with E-state index in [1.165, 1.54) is 0 Å². The molecule has 3 rings (SSSR count). The predicted octanol–water partition coefficient (Wildman–Crippen LogP) is 3.64. The van der Waals surface area contributed by atoms with E-state index in [0.717, 1.165) is 62.7 Å². The molecule has 1 aliphatic rings. The molecule has 0 radical (unpaired) electrons. The normalized spacial score (nSPS) is 14.9. The van der Waals surface area contributed by atoms with E-state index in [1.54, 1.807) is 12.1 Å². The number of nitrogens with one attached hydrogen (secondary N) is 1. The first kappa shape index (κ1) is 22.6. The zero-order valence-corrected chi connectivity index (χ0v) is 17.1. The van der Waals surface area contributed by atoms with Crippen LogP contribution in [0.1, 0.15) is 22.8 Å². The third-order valence-corrected chi connectivity index (χ3v) is 5.12. The SMILES string of the molecule is CCN1CCN(c2ccc(NC(=O)COC(=O)c3ccc(C(F)(F)F)cc3)cc2)CC1. The molecule has 6 nitrogen and oxygen atoms in total. The first-order valence-electron chi connectivity index (χ1n) is 9.98. The zero-order chi connectivity index (χ0) is 22.4. The Labute approximate surface area is 178 Å². The van der Waals surface area contributed by atoms with Gasteiger partial charge in [-0.05, 0) is 55.1 Å². The number of likely N-dealkylation sites (N-methyl/N-ethyl adjacent to an activating group) is 1. The van der Waals surface area contributed by atoms with Crippen molar-refractivity contribution in [2.45, 2.75) is 13.1 Å². The Balaban J connectivity index is 1.47. The van der Waals surface area contributed by atoms with Crippen molar-refractivity contribution >= 4 is 23.3 Å². The van der Waals surface area contributed by atoms with Gasteiger partial charge in [0.2, 0.25) is 0 Å². The number of rotatable bonds is 6. The summed E-state index contributed by atoms with van der Waals surface area (Å²) >= 11 is 0. The van der Waals surface area contributed by atoms with E-state index in [9.17, 15) is 22.8 Å². The number of carbonyl (C=O) groups is 2. The maximum Gasteiger partial charge on any atom is 0.416 e. The molecule has 0 unspecified atom stereocenters. The quantitative estimate of drug-likeness (QED) is 0.702.